The summed E-state index contributed by atoms with van der Waals surface area (Å²) in [5, 5.41) is 20.8. The molecule has 1 N–H and O–H groups in total. The van der Waals surface area contributed by atoms with Gasteiger partial charge in [-0.05, 0) is 33.3 Å². The fourth-order valence-electron chi connectivity index (χ4n) is 2.40. The summed E-state index contributed by atoms with van der Waals surface area (Å²) in [6, 6.07) is 3.03. The summed E-state index contributed by atoms with van der Waals surface area (Å²) in [4.78, 5) is 35.9. The van der Waals surface area contributed by atoms with Gasteiger partial charge in [0.05, 0.1) is 24.1 Å². The van der Waals surface area contributed by atoms with E-state index in [2.05, 4.69) is 0 Å². The number of nitrogens with zero attached hydrogens (tertiary/aromatic N) is 2. The van der Waals surface area contributed by atoms with Gasteiger partial charge in [-0.15, -0.1) is 0 Å². The van der Waals surface area contributed by atoms with Crippen LogP contribution in [0.5, 0.6) is 5.75 Å². The van der Waals surface area contributed by atoms with Crippen molar-refractivity contribution in [1.29, 1.82) is 0 Å². The van der Waals surface area contributed by atoms with Gasteiger partial charge in [-0.25, -0.2) is 9.59 Å². The molecule has 1 rings (SSSR count). The lowest BCUT2D eigenvalue weighted by atomic mass is 10.1. The van der Waals surface area contributed by atoms with Gasteiger partial charge in [-0.1, -0.05) is 13.0 Å². The second-order valence-corrected chi connectivity index (χ2v) is 6.59. The van der Waals surface area contributed by atoms with Gasteiger partial charge >= 0.3 is 12.1 Å². The molecule has 0 fully saturated rings. The molecule has 0 saturated heterocycles. The fraction of sp³-hybridized carbons (Fsp3) is 0.529. The number of benzene rings is 1. The van der Waals surface area contributed by atoms with E-state index in [1.807, 2.05) is 0 Å². The summed E-state index contributed by atoms with van der Waals surface area (Å²) >= 11 is 0. The Bertz CT molecular complexity index is 682. The van der Waals surface area contributed by atoms with Crippen LogP contribution in [0.4, 0.5) is 10.5 Å². The molecule has 0 saturated carbocycles. The molecule has 0 spiro atoms. The van der Waals surface area contributed by atoms with Gasteiger partial charge in [0.1, 0.15) is 17.4 Å². The summed E-state index contributed by atoms with van der Waals surface area (Å²) in [5.74, 6) is -1.04. The molecule has 0 aliphatic carbocycles. The smallest absolute Gasteiger partial charge is 0.411 e. The molecular formula is C17H24N2O7. The third-order valence-electron chi connectivity index (χ3n) is 3.53. The Kier molecular flexibility index (Phi) is 6.93. The Hall–Kier alpha value is -2.84. The van der Waals surface area contributed by atoms with E-state index in [0.29, 0.717) is 0 Å². The minimum atomic E-state index is -1.23. The van der Waals surface area contributed by atoms with Gasteiger partial charge in [0.25, 0.3) is 5.69 Å². The van der Waals surface area contributed by atoms with Crippen molar-refractivity contribution in [2.75, 3.05) is 7.11 Å². The first-order chi connectivity index (χ1) is 12.0. The van der Waals surface area contributed by atoms with Crippen LogP contribution in [0.3, 0.4) is 0 Å². The number of hydrogen-bond donors (Lipinski definition) is 1. The first-order valence-electron chi connectivity index (χ1n) is 8.04. The number of carboxylic acid groups (broad SMARTS) is 1. The highest BCUT2D eigenvalue weighted by Crippen LogP contribution is 2.31. The zero-order chi connectivity index (χ0) is 20.1. The number of aliphatic carboxylic acids is 1. The Morgan fingerprint density at radius 1 is 1.35 bits per heavy atom. The van der Waals surface area contributed by atoms with Gasteiger partial charge in [-0.2, -0.15) is 0 Å². The van der Waals surface area contributed by atoms with Crippen LogP contribution in [0.25, 0.3) is 0 Å². The molecule has 1 aromatic rings. The largest absolute Gasteiger partial charge is 0.496 e. The molecule has 9 heteroatoms. The van der Waals surface area contributed by atoms with E-state index in [0.717, 1.165) is 4.90 Å². The number of rotatable bonds is 7. The van der Waals surface area contributed by atoms with Crippen molar-refractivity contribution in [2.45, 2.75) is 52.3 Å². The van der Waals surface area contributed by atoms with E-state index < -0.39 is 28.6 Å². The SMILES string of the molecule is CCC(C(=O)O)N(Cc1c(OC)cccc1[N+](=O)[O-])C(=O)OC(C)(C)C. The van der Waals surface area contributed by atoms with Gasteiger partial charge in [-0.3, -0.25) is 15.0 Å². The van der Waals surface area contributed by atoms with Crippen molar-refractivity contribution in [3.63, 3.8) is 0 Å². The second-order valence-electron chi connectivity index (χ2n) is 6.59. The maximum atomic E-state index is 12.6. The first-order valence-corrected chi connectivity index (χ1v) is 8.04. The maximum absolute atomic E-state index is 12.6. The standard InChI is InChI=1S/C17H24N2O7/c1-6-12(15(20)21)18(16(22)26-17(2,3)4)10-11-13(19(23)24)8-7-9-14(11)25-5/h7-9,12H,6,10H2,1-5H3,(H,20,21). The summed E-state index contributed by atoms with van der Waals surface area (Å²) in [6.07, 6.45) is -0.760. The van der Waals surface area contributed by atoms with Crippen molar-refractivity contribution in [3.05, 3.63) is 33.9 Å². The molecule has 1 unspecified atom stereocenters. The fourth-order valence-corrected chi connectivity index (χ4v) is 2.40. The molecule has 0 heterocycles. The second kappa shape index (κ2) is 8.50. The van der Waals surface area contributed by atoms with E-state index in [1.54, 1.807) is 27.7 Å². The van der Waals surface area contributed by atoms with Crippen molar-refractivity contribution in [2.24, 2.45) is 0 Å². The van der Waals surface area contributed by atoms with Crippen LogP contribution in [0.1, 0.15) is 39.7 Å². The predicted octanol–water partition coefficient (Wildman–Crippen LogP) is 3.20. The zero-order valence-corrected chi connectivity index (χ0v) is 15.5. The molecule has 1 amide bonds. The van der Waals surface area contributed by atoms with Crippen LogP contribution < -0.4 is 4.74 Å². The van der Waals surface area contributed by atoms with E-state index in [-0.39, 0.29) is 30.0 Å². The summed E-state index contributed by atoms with van der Waals surface area (Å²) < 4.78 is 10.5. The minimum absolute atomic E-state index is 0.102. The van der Waals surface area contributed by atoms with Crippen LogP contribution >= 0.6 is 0 Å². The maximum Gasteiger partial charge on any atom is 0.411 e. The van der Waals surface area contributed by atoms with E-state index in [9.17, 15) is 24.8 Å². The highest BCUT2D eigenvalue weighted by Gasteiger charge is 2.34. The molecule has 1 atom stereocenters. The van der Waals surface area contributed by atoms with E-state index in [4.69, 9.17) is 9.47 Å². The van der Waals surface area contributed by atoms with E-state index in [1.165, 1.54) is 25.3 Å². The Balaban J connectivity index is 3.40. The van der Waals surface area contributed by atoms with Crippen LogP contribution in [0, 0.1) is 10.1 Å². The number of nitro groups is 1. The number of methoxy groups -OCH3 is 1. The lowest BCUT2D eigenvalue weighted by molar-refractivity contribution is -0.385. The van der Waals surface area contributed by atoms with Crippen LogP contribution in [0.15, 0.2) is 18.2 Å². The van der Waals surface area contributed by atoms with Gasteiger partial charge < -0.3 is 14.6 Å². The third-order valence-corrected chi connectivity index (χ3v) is 3.53. The monoisotopic (exact) mass is 368 g/mol. The third kappa shape index (κ3) is 5.33. The van der Waals surface area contributed by atoms with Crippen LogP contribution in [-0.2, 0) is 16.1 Å². The number of ether oxygens (including phenoxy) is 2. The van der Waals surface area contributed by atoms with E-state index >= 15 is 0 Å². The average Bonchev–Trinajstić information content (AvgIpc) is 2.52. The normalized spacial score (nSPS) is 12.2. The number of nitro benzene ring substituents is 1. The van der Waals surface area contributed by atoms with Crippen LogP contribution in [0.2, 0.25) is 0 Å². The number of amides is 1. The Morgan fingerprint density at radius 3 is 2.38 bits per heavy atom. The van der Waals surface area contributed by atoms with Crippen molar-refractivity contribution in [1.82, 2.24) is 4.90 Å². The molecule has 1 aromatic carbocycles. The summed E-state index contributed by atoms with van der Waals surface area (Å²) in [5.41, 5.74) is -1.01. The Morgan fingerprint density at radius 2 is 1.96 bits per heavy atom. The first kappa shape index (κ1) is 21.2. The molecule has 0 aliphatic rings. The zero-order valence-electron chi connectivity index (χ0n) is 15.5. The lowest BCUT2D eigenvalue weighted by Gasteiger charge is -2.31. The molecule has 0 aliphatic heterocycles. The van der Waals surface area contributed by atoms with Gasteiger partial charge in [0, 0.05) is 6.07 Å². The molecule has 144 valence electrons. The number of carboxylic acids is 1. The molecule has 0 aromatic heterocycles. The van der Waals surface area contributed by atoms with Gasteiger partial charge in [0.15, 0.2) is 0 Å². The summed E-state index contributed by atoms with van der Waals surface area (Å²) in [7, 11) is 1.34. The molecule has 0 radical (unpaired) electrons. The molecule has 26 heavy (non-hydrogen) atoms. The van der Waals surface area contributed by atoms with Crippen molar-refractivity contribution in [3.8, 4) is 5.75 Å². The number of carbonyl (C=O) groups excluding carboxylic acids is 1. The predicted molar refractivity (Wildman–Crippen MR) is 93.1 cm³/mol. The van der Waals surface area contributed by atoms with Crippen molar-refractivity contribution < 1.29 is 29.1 Å². The minimum Gasteiger partial charge on any atom is -0.496 e. The quantitative estimate of drug-likeness (QED) is 0.579. The molecule has 9 nitrogen and oxygen atoms in total. The molecule has 0 bridgehead atoms. The topological polar surface area (TPSA) is 119 Å². The number of hydrogen-bond acceptors (Lipinski definition) is 6. The highest BCUT2D eigenvalue weighted by molar-refractivity contribution is 5.80. The Labute approximate surface area is 151 Å². The number of carbonyl (C=O) groups is 2. The summed E-state index contributed by atoms with van der Waals surface area (Å²) in [6.45, 7) is 6.22. The van der Waals surface area contributed by atoms with Crippen LogP contribution in [-0.4, -0.2) is 45.7 Å². The molecular weight excluding hydrogens is 344 g/mol. The lowest BCUT2D eigenvalue weighted by Crippen LogP contribution is -2.46. The highest BCUT2D eigenvalue weighted by atomic mass is 16.6. The average molecular weight is 368 g/mol. The van der Waals surface area contributed by atoms with Crippen molar-refractivity contribution >= 4 is 17.7 Å². The van der Waals surface area contributed by atoms with Gasteiger partial charge in [0.2, 0.25) is 0 Å².